The molecule has 8 heteroatoms. The first kappa shape index (κ1) is 21.5. The fourth-order valence-corrected chi connectivity index (χ4v) is 3.45. The number of carbonyl (C=O) groups is 4. The van der Waals surface area contributed by atoms with Crippen LogP contribution < -0.4 is 10.6 Å². The molecule has 152 valence electrons. The highest BCUT2D eigenvalue weighted by molar-refractivity contribution is 5.91. The van der Waals surface area contributed by atoms with E-state index in [0.717, 1.165) is 0 Å². The Kier molecular flexibility index (Phi) is 7.66. The number of benzene rings is 1. The minimum absolute atomic E-state index is 0.0394. The van der Waals surface area contributed by atoms with Crippen LogP contribution in [0.4, 0.5) is 4.39 Å². The molecule has 2 rings (SSSR count). The summed E-state index contributed by atoms with van der Waals surface area (Å²) in [4.78, 5) is 48.3. The molecule has 0 unspecified atom stereocenters. The predicted octanol–water partition coefficient (Wildman–Crippen LogP) is 1.29. The van der Waals surface area contributed by atoms with Gasteiger partial charge in [-0.25, -0.2) is 9.18 Å². The lowest BCUT2D eigenvalue weighted by Crippen LogP contribution is -2.55. The fraction of sp³-hybridized carbons (Fsp3) is 0.500. The van der Waals surface area contributed by atoms with Crippen LogP contribution in [0.5, 0.6) is 0 Å². The van der Waals surface area contributed by atoms with Crippen LogP contribution in [0.25, 0.3) is 0 Å². The van der Waals surface area contributed by atoms with E-state index in [1.807, 2.05) is 0 Å². The molecular weight excluding hydrogens is 367 g/mol. The van der Waals surface area contributed by atoms with Crippen LogP contribution in [-0.2, 0) is 30.3 Å². The van der Waals surface area contributed by atoms with Gasteiger partial charge in [-0.15, -0.1) is 0 Å². The molecule has 0 bridgehead atoms. The van der Waals surface area contributed by atoms with Gasteiger partial charge < -0.3 is 15.4 Å². The van der Waals surface area contributed by atoms with Crippen molar-refractivity contribution in [3.63, 3.8) is 0 Å². The van der Waals surface area contributed by atoms with Gasteiger partial charge in [0.05, 0.1) is 7.11 Å². The van der Waals surface area contributed by atoms with Gasteiger partial charge in [-0.05, 0) is 36.5 Å². The van der Waals surface area contributed by atoms with E-state index in [0.29, 0.717) is 24.8 Å². The minimum atomic E-state index is -0.995. The summed E-state index contributed by atoms with van der Waals surface area (Å²) in [6.45, 7) is 1.27. The quantitative estimate of drug-likeness (QED) is 0.681. The van der Waals surface area contributed by atoms with Gasteiger partial charge in [0.25, 0.3) is 0 Å². The van der Waals surface area contributed by atoms with E-state index in [-0.39, 0.29) is 24.5 Å². The smallest absolute Gasteiger partial charge is 0.328 e. The molecule has 0 saturated heterocycles. The van der Waals surface area contributed by atoms with Gasteiger partial charge in [0, 0.05) is 26.2 Å². The van der Waals surface area contributed by atoms with E-state index in [1.165, 1.54) is 32.2 Å². The van der Waals surface area contributed by atoms with E-state index >= 15 is 0 Å². The Labute approximate surface area is 163 Å². The van der Waals surface area contributed by atoms with Crippen molar-refractivity contribution >= 4 is 23.6 Å². The number of nitrogens with one attached hydrogen (secondary N) is 2. The summed E-state index contributed by atoms with van der Waals surface area (Å²) in [6, 6.07) is 3.74. The first-order valence-electron chi connectivity index (χ1n) is 9.21. The Hall–Kier alpha value is -2.77. The molecule has 0 spiro atoms. The molecule has 2 N–H and O–H groups in total. The number of amides is 2. The van der Waals surface area contributed by atoms with Gasteiger partial charge in [-0.1, -0.05) is 12.1 Å². The molecule has 1 aliphatic carbocycles. The maximum absolute atomic E-state index is 13.4. The van der Waals surface area contributed by atoms with Gasteiger partial charge in [0.2, 0.25) is 11.8 Å². The van der Waals surface area contributed by atoms with Crippen LogP contribution in [0.1, 0.15) is 38.2 Å². The van der Waals surface area contributed by atoms with Crippen LogP contribution >= 0.6 is 0 Å². The molecule has 1 aromatic rings. The van der Waals surface area contributed by atoms with E-state index in [9.17, 15) is 23.6 Å². The summed E-state index contributed by atoms with van der Waals surface area (Å²) in [5.41, 5.74) is 0.524. The number of hydrogen-bond donors (Lipinski definition) is 2. The lowest BCUT2D eigenvalue weighted by atomic mass is 9.83. The lowest BCUT2D eigenvalue weighted by molar-refractivity contribution is -0.147. The van der Waals surface area contributed by atoms with E-state index in [2.05, 4.69) is 10.6 Å². The number of rotatable bonds is 7. The Balaban J connectivity index is 2.16. The number of ketones is 1. The van der Waals surface area contributed by atoms with E-state index in [1.54, 1.807) is 6.07 Å². The number of Topliss-reactive ketones (excluding diaryl/α,β-unsaturated/α-hetero) is 1. The van der Waals surface area contributed by atoms with Crippen molar-refractivity contribution in [1.82, 2.24) is 10.6 Å². The molecule has 1 fully saturated rings. The molecule has 1 saturated carbocycles. The maximum atomic E-state index is 13.4. The number of hydrogen-bond acceptors (Lipinski definition) is 5. The van der Waals surface area contributed by atoms with Crippen molar-refractivity contribution in [1.29, 1.82) is 0 Å². The van der Waals surface area contributed by atoms with Gasteiger partial charge in [0.1, 0.15) is 23.7 Å². The lowest BCUT2D eigenvalue weighted by Gasteiger charge is -2.29. The molecule has 1 aromatic carbocycles. The highest BCUT2D eigenvalue weighted by Crippen LogP contribution is 2.25. The Morgan fingerprint density at radius 1 is 1.29 bits per heavy atom. The normalized spacial score (nSPS) is 18.7. The first-order valence-corrected chi connectivity index (χ1v) is 9.21. The average molecular weight is 392 g/mol. The minimum Gasteiger partial charge on any atom is -0.467 e. The number of halogens is 1. The number of methoxy groups -OCH3 is 1. The molecule has 1 aliphatic rings. The topological polar surface area (TPSA) is 102 Å². The van der Waals surface area contributed by atoms with E-state index < -0.39 is 35.7 Å². The molecule has 2 amide bonds. The Morgan fingerprint density at radius 2 is 2.04 bits per heavy atom. The highest BCUT2D eigenvalue weighted by Gasteiger charge is 2.35. The average Bonchev–Trinajstić information content (AvgIpc) is 2.64. The third kappa shape index (κ3) is 6.14. The standard InChI is InChI=1S/C20H25FN2O5/c1-12(24)22-17(10-13-5-3-7-15(21)9-13)19(26)23-18(20(27)28-2)14-6-4-8-16(25)11-14/h3,5,7,9,14,17-18H,4,6,8,10-11H2,1-2H3,(H,22,24)(H,23,26)/t14-,17+,18-/m0/s1. The summed E-state index contributed by atoms with van der Waals surface area (Å²) in [5, 5.41) is 5.15. The second kappa shape index (κ2) is 9.96. The molecule has 0 heterocycles. The summed E-state index contributed by atoms with van der Waals surface area (Å²) < 4.78 is 18.2. The molecule has 0 aromatic heterocycles. The van der Waals surface area contributed by atoms with Crippen molar-refractivity contribution in [2.24, 2.45) is 5.92 Å². The van der Waals surface area contributed by atoms with Gasteiger partial charge in [-0.2, -0.15) is 0 Å². The highest BCUT2D eigenvalue weighted by atomic mass is 19.1. The van der Waals surface area contributed by atoms with Gasteiger partial charge in [-0.3, -0.25) is 14.4 Å². The monoisotopic (exact) mass is 392 g/mol. The molecule has 0 radical (unpaired) electrons. The molecule has 3 atom stereocenters. The maximum Gasteiger partial charge on any atom is 0.328 e. The summed E-state index contributed by atoms with van der Waals surface area (Å²) >= 11 is 0. The van der Waals surface area contributed by atoms with E-state index in [4.69, 9.17) is 4.74 Å². The van der Waals surface area contributed by atoms with Crippen molar-refractivity contribution in [3.05, 3.63) is 35.6 Å². The van der Waals surface area contributed by atoms with Crippen LogP contribution in [0.2, 0.25) is 0 Å². The zero-order valence-corrected chi connectivity index (χ0v) is 16.0. The zero-order chi connectivity index (χ0) is 20.7. The largest absolute Gasteiger partial charge is 0.467 e. The number of carbonyl (C=O) groups excluding carboxylic acids is 4. The summed E-state index contributed by atoms with van der Waals surface area (Å²) in [5.74, 6) is -2.43. The SMILES string of the molecule is COC(=O)[C@@H](NC(=O)[C@@H](Cc1cccc(F)c1)NC(C)=O)[C@H]1CCCC(=O)C1. The molecule has 7 nitrogen and oxygen atoms in total. The van der Waals surface area contributed by atoms with Crippen molar-refractivity contribution in [2.75, 3.05) is 7.11 Å². The Morgan fingerprint density at radius 3 is 2.64 bits per heavy atom. The van der Waals surface area contributed by atoms with Crippen LogP contribution in [0.15, 0.2) is 24.3 Å². The Bertz CT molecular complexity index is 752. The third-order valence-electron chi connectivity index (χ3n) is 4.77. The molecular formula is C20H25FN2O5. The summed E-state index contributed by atoms with van der Waals surface area (Å²) in [6.07, 6.45) is 1.97. The third-order valence-corrected chi connectivity index (χ3v) is 4.77. The molecule has 0 aliphatic heterocycles. The fourth-order valence-electron chi connectivity index (χ4n) is 3.45. The number of esters is 1. The second-order valence-electron chi connectivity index (χ2n) is 6.99. The second-order valence-corrected chi connectivity index (χ2v) is 6.99. The zero-order valence-electron chi connectivity index (χ0n) is 16.0. The first-order chi connectivity index (χ1) is 13.3. The van der Waals surface area contributed by atoms with Gasteiger partial charge in [0.15, 0.2) is 0 Å². The van der Waals surface area contributed by atoms with Crippen molar-refractivity contribution in [2.45, 2.75) is 51.1 Å². The van der Waals surface area contributed by atoms with Crippen LogP contribution in [-0.4, -0.2) is 42.8 Å². The molecule has 28 heavy (non-hydrogen) atoms. The predicted molar refractivity (Wildman–Crippen MR) is 98.6 cm³/mol. The van der Waals surface area contributed by atoms with Crippen molar-refractivity contribution < 1.29 is 28.3 Å². The van der Waals surface area contributed by atoms with Gasteiger partial charge >= 0.3 is 5.97 Å². The van der Waals surface area contributed by atoms with Crippen molar-refractivity contribution in [3.8, 4) is 0 Å². The van der Waals surface area contributed by atoms with Crippen LogP contribution in [0.3, 0.4) is 0 Å². The number of ether oxygens (including phenoxy) is 1. The van der Waals surface area contributed by atoms with Crippen LogP contribution in [0, 0.1) is 11.7 Å². The summed E-state index contributed by atoms with van der Waals surface area (Å²) in [7, 11) is 1.21.